The lowest BCUT2D eigenvalue weighted by atomic mass is 10.2. The summed E-state index contributed by atoms with van der Waals surface area (Å²) in [5, 5.41) is 2.80. The van der Waals surface area contributed by atoms with Gasteiger partial charge >= 0.3 is 0 Å². The van der Waals surface area contributed by atoms with E-state index in [0.29, 0.717) is 13.1 Å². The number of rotatable bonds is 6. The summed E-state index contributed by atoms with van der Waals surface area (Å²) in [7, 11) is -1.39. The van der Waals surface area contributed by atoms with E-state index in [1.807, 2.05) is 0 Å². The minimum absolute atomic E-state index is 0.0689. The lowest BCUT2D eigenvalue weighted by molar-refractivity contribution is 0.114. The van der Waals surface area contributed by atoms with E-state index >= 15 is 0 Å². The minimum atomic E-state index is -3.12. The van der Waals surface area contributed by atoms with Crippen LogP contribution in [0.1, 0.15) is 12.8 Å². The highest BCUT2D eigenvalue weighted by atomic mass is 32.2. The Bertz CT molecular complexity index is 247. The number of nitrogens with one attached hydrogen (secondary N) is 2. The Hall–Kier alpha value is -0.170. The molecule has 0 aromatic heterocycles. The van der Waals surface area contributed by atoms with Gasteiger partial charge in [0.25, 0.3) is 0 Å². The van der Waals surface area contributed by atoms with Crippen molar-refractivity contribution in [3.8, 4) is 0 Å². The molecule has 1 rings (SSSR count). The smallest absolute Gasteiger partial charge is 0.212 e. The highest BCUT2D eigenvalue weighted by Crippen LogP contribution is 2.10. The topological polar surface area (TPSA) is 67.4 Å². The molecule has 84 valence electrons. The van der Waals surface area contributed by atoms with Gasteiger partial charge in [-0.2, -0.15) is 0 Å². The molecule has 5 nitrogen and oxygen atoms in total. The van der Waals surface area contributed by atoms with Crippen LogP contribution in [-0.4, -0.2) is 47.0 Å². The molecule has 1 fully saturated rings. The monoisotopic (exact) mass is 222 g/mol. The molecule has 0 bridgehead atoms. The second-order valence-corrected chi connectivity index (χ2v) is 5.33. The lowest BCUT2D eigenvalue weighted by Crippen LogP contribution is -2.35. The third-order valence-electron chi connectivity index (χ3n) is 2.18. The maximum atomic E-state index is 11.3. The molecule has 2 N–H and O–H groups in total. The highest BCUT2D eigenvalue weighted by molar-refractivity contribution is 7.89. The van der Waals surface area contributed by atoms with Crippen LogP contribution in [0.4, 0.5) is 0 Å². The Morgan fingerprint density at radius 1 is 1.50 bits per heavy atom. The molecule has 1 unspecified atom stereocenters. The molecule has 1 saturated heterocycles. The molecule has 1 atom stereocenters. The molecular formula is C8H18N2O3S. The van der Waals surface area contributed by atoms with Crippen molar-refractivity contribution in [1.29, 1.82) is 0 Å². The number of sulfonamides is 1. The zero-order valence-corrected chi connectivity index (χ0v) is 9.27. The Kier molecular flexibility index (Phi) is 4.80. The average Bonchev–Trinajstić information content (AvgIpc) is 2.64. The van der Waals surface area contributed by atoms with Crippen LogP contribution in [0.25, 0.3) is 0 Å². The Morgan fingerprint density at radius 2 is 2.29 bits per heavy atom. The molecule has 0 aliphatic carbocycles. The molecule has 0 aromatic rings. The molecule has 6 heteroatoms. The standard InChI is InChI=1S/C8H18N2O3S/c1-9-4-6-14(11,12)10-7-8-3-2-5-13-8/h8-10H,2-7H2,1H3. The van der Waals surface area contributed by atoms with Crippen LogP contribution in [0.2, 0.25) is 0 Å². The predicted octanol–water partition coefficient (Wildman–Crippen LogP) is -0.696. The van der Waals surface area contributed by atoms with Gasteiger partial charge in [0, 0.05) is 19.7 Å². The van der Waals surface area contributed by atoms with E-state index in [9.17, 15) is 8.42 Å². The van der Waals surface area contributed by atoms with Crippen molar-refractivity contribution in [1.82, 2.24) is 10.0 Å². The van der Waals surface area contributed by atoms with Crippen LogP contribution in [0.3, 0.4) is 0 Å². The summed E-state index contributed by atoms with van der Waals surface area (Å²) in [6.45, 7) is 1.63. The van der Waals surface area contributed by atoms with Crippen LogP contribution in [0, 0.1) is 0 Å². The van der Waals surface area contributed by atoms with Crippen molar-refractivity contribution in [2.24, 2.45) is 0 Å². The van der Waals surface area contributed by atoms with Crippen molar-refractivity contribution >= 4 is 10.0 Å². The maximum absolute atomic E-state index is 11.3. The van der Waals surface area contributed by atoms with Gasteiger partial charge in [-0.05, 0) is 19.9 Å². The zero-order chi connectivity index (χ0) is 10.4. The molecule has 0 radical (unpaired) electrons. The predicted molar refractivity (Wildman–Crippen MR) is 54.7 cm³/mol. The van der Waals surface area contributed by atoms with E-state index in [0.717, 1.165) is 19.4 Å². The average molecular weight is 222 g/mol. The summed E-state index contributed by atoms with van der Waals surface area (Å²) in [6, 6.07) is 0. The van der Waals surface area contributed by atoms with Gasteiger partial charge in [-0.3, -0.25) is 0 Å². The summed E-state index contributed by atoms with van der Waals surface area (Å²) < 4.78 is 30.5. The van der Waals surface area contributed by atoms with Crippen LogP contribution in [0.5, 0.6) is 0 Å². The first-order valence-corrected chi connectivity index (χ1v) is 6.53. The van der Waals surface area contributed by atoms with Gasteiger partial charge < -0.3 is 10.1 Å². The van der Waals surface area contributed by atoms with Crippen molar-refractivity contribution in [3.63, 3.8) is 0 Å². The van der Waals surface area contributed by atoms with E-state index in [4.69, 9.17) is 4.74 Å². The summed E-state index contributed by atoms with van der Waals surface area (Å²) in [5.41, 5.74) is 0. The molecule has 1 heterocycles. The molecular weight excluding hydrogens is 204 g/mol. The zero-order valence-electron chi connectivity index (χ0n) is 8.45. The van der Waals surface area contributed by atoms with E-state index in [2.05, 4.69) is 10.0 Å². The summed E-state index contributed by atoms with van der Waals surface area (Å²) in [4.78, 5) is 0. The van der Waals surface area contributed by atoms with Gasteiger partial charge in [-0.15, -0.1) is 0 Å². The quantitative estimate of drug-likeness (QED) is 0.624. The van der Waals surface area contributed by atoms with Crippen molar-refractivity contribution in [2.45, 2.75) is 18.9 Å². The van der Waals surface area contributed by atoms with E-state index in [-0.39, 0.29) is 11.9 Å². The molecule has 0 aromatic carbocycles. The number of hydrogen-bond acceptors (Lipinski definition) is 4. The minimum Gasteiger partial charge on any atom is -0.377 e. The first-order valence-electron chi connectivity index (χ1n) is 4.87. The fourth-order valence-corrected chi connectivity index (χ4v) is 2.39. The van der Waals surface area contributed by atoms with Crippen LogP contribution in [-0.2, 0) is 14.8 Å². The van der Waals surface area contributed by atoms with Crippen LogP contribution >= 0.6 is 0 Å². The van der Waals surface area contributed by atoms with E-state index in [1.54, 1.807) is 7.05 Å². The van der Waals surface area contributed by atoms with Gasteiger partial charge in [-0.1, -0.05) is 0 Å². The lowest BCUT2D eigenvalue weighted by Gasteiger charge is -2.10. The second-order valence-electron chi connectivity index (χ2n) is 3.41. The Labute approximate surface area is 85.3 Å². The highest BCUT2D eigenvalue weighted by Gasteiger charge is 2.18. The van der Waals surface area contributed by atoms with Crippen LogP contribution < -0.4 is 10.0 Å². The summed E-state index contributed by atoms with van der Waals surface area (Å²) in [6.07, 6.45) is 2.05. The van der Waals surface area contributed by atoms with Crippen molar-refractivity contribution in [3.05, 3.63) is 0 Å². The Balaban J connectivity index is 2.21. The van der Waals surface area contributed by atoms with Gasteiger partial charge in [-0.25, -0.2) is 13.1 Å². The molecule has 14 heavy (non-hydrogen) atoms. The van der Waals surface area contributed by atoms with E-state index < -0.39 is 10.0 Å². The first-order chi connectivity index (χ1) is 6.64. The third-order valence-corrected chi connectivity index (χ3v) is 3.52. The molecule has 0 spiro atoms. The molecule has 0 amide bonds. The van der Waals surface area contributed by atoms with E-state index in [1.165, 1.54) is 0 Å². The Morgan fingerprint density at radius 3 is 2.86 bits per heavy atom. The SMILES string of the molecule is CNCCS(=O)(=O)NCC1CCCO1. The summed E-state index contributed by atoms with van der Waals surface area (Å²) >= 11 is 0. The van der Waals surface area contributed by atoms with Crippen LogP contribution in [0.15, 0.2) is 0 Å². The largest absolute Gasteiger partial charge is 0.377 e. The molecule has 0 saturated carbocycles. The maximum Gasteiger partial charge on any atom is 0.212 e. The normalized spacial score (nSPS) is 22.8. The number of hydrogen-bond donors (Lipinski definition) is 2. The van der Waals surface area contributed by atoms with Gasteiger partial charge in [0.15, 0.2) is 0 Å². The first kappa shape index (κ1) is 11.9. The molecule has 1 aliphatic rings. The van der Waals surface area contributed by atoms with Gasteiger partial charge in [0.2, 0.25) is 10.0 Å². The summed E-state index contributed by atoms with van der Waals surface area (Å²) in [5.74, 6) is 0.121. The van der Waals surface area contributed by atoms with Gasteiger partial charge in [0.1, 0.15) is 0 Å². The van der Waals surface area contributed by atoms with Crippen molar-refractivity contribution < 1.29 is 13.2 Å². The fraction of sp³-hybridized carbons (Fsp3) is 1.00. The number of ether oxygens (including phenoxy) is 1. The molecule has 1 aliphatic heterocycles. The van der Waals surface area contributed by atoms with Crippen molar-refractivity contribution in [2.75, 3.05) is 32.5 Å². The fourth-order valence-electron chi connectivity index (χ4n) is 1.33. The third kappa shape index (κ3) is 4.36. The van der Waals surface area contributed by atoms with Gasteiger partial charge in [0.05, 0.1) is 11.9 Å². The second kappa shape index (κ2) is 5.65.